The Bertz CT molecular complexity index is 1120. The van der Waals surface area contributed by atoms with Crippen molar-refractivity contribution >= 4 is 16.4 Å². The molecule has 1 rings (SSSR count). The van der Waals surface area contributed by atoms with E-state index in [4.69, 9.17) is 23.5 Å². The van der Waals surface area contributed by atoms with Gasteiger partial charge in [0.25, 0.3) is 0 Å². The van der Waals surface area contributed by atoms with Crippen LogP contribution in [0.3, 0.4) is 0 Å². The Morgan fingerprint density at radius 1 is 0.655 bits per heavy atom. The first-order chi connectivity index (χ1) is 28.1. The van der Waals surface area contributed by atoms with Crippen molar-refractivity contribution < 1.29 is 56.2 Å². The van der Waals surface area contributed by atoms with Crippen molar-refractivity contribution in [2.24, 2.45) is 0 Å². The highest BCUT2D eigenvalue weighted by molar-refractivity contribution is 7.80. The molecule has 0 radical (unpaired) electrons. The molecule has 6 atom stereocenters. The predicted octanol–water partition coefficient (Wildman–Crippen LogP) is 9.63. The molecule has 0 spiro atoms. The first kappa shape index (κ1) is 54.6. The van der Waals surface area contributed by atoms with Gasteiger partial charge in [0.05, 0.1) is 19.8 Å². The summed E-state index contributed by atoms with van der Waals surface area (Å²) >= 11 is 0. The summed E-state index contributed by atoms with van der Waals surface area (Å²) in [7, 11) is -5.06. The van der Waals surface area contributed by atoms with Crippen LogP contribution in [0, 0.1) is 0 Å². The summed E-state index contributed by atoms with van der Waals surface area (Å²) in [5, 5.41) is 30.6. The topological polar surface area (TPSA) is 178 Å². The normalized spacial score (nSPS) is 20.7. The van der Waals surface area contributed by atoms with Crippen molar-refractivity contribution in [1.82, 2.24) is 0 Å². The average molecular weight is 849 g/mol. The second-order valence-electron chi connectivity index (χ2n) is 16.0. The Kier molecular flexibility index (Phi) is 35.2. The summed E-state index contributed by atoms with van der Waals surface area (Å²) in [5.41, 5.74) is 0. The van der Waals surface area contributed by atoms with E-state index >= 15 is 0 Å². The summed E-state index contributed by atoms with van der Waals surface area (Å²) in [4.78, 5) is 12.8. The van der Waals surface area contributed by atoms with Crippen LogP contribution in [0.4, 0.5) is 0 Å². The van der Waals surface area contributed by atoms with E-state index in [-0.39, 0.29) is 19.6 Å². The molecule has 6 unspecified atom stereocenters. The summed E-state index contributed by atoms with van der Waals surface area (Å²) in [6.45, 7) is 3.96. The van der Waals surface area contributed by atoms with Gasteiger partial charge in [0.2, 0.25) is 0 Å². The molecule has 1 saturated heterocycles. The summed E-state index contributed by atoms with van der Waals surface area (Å²) in [6.07, 6.45) is 32.1. The predicted molar refractivity (Wildman–Crippen MR) is 230 cm³/mol. The van der Waals surface area contributed by atoms with Gasteiger partial charge in [0.15, 0.2) is 6.29 Å². The maximum Gasteiger partial charge on any atom is 0.397 e. The van der Waals surface area contributed by atoms with E-state index in [0.29, 0.717) is 13.0 Å². The van der Waals surface area contributed by atoms with Gasteiger partial charge in [-0.15, -0.1) is 0 Å². The van der Waals surface area contributed by atoms with Crippen LogP contribution in [0.15, 0.2) is 24.3 Å². The summed E-state index contributed by atoms with van der Waals surface area (Å²) in [6, 6.07) is 0. The van der Waals surface area contributed by atoms with Gasteiger partial charge in [-0.1, -0.05) is 167 Å². The zero-order chi connectivity index (χ0) is 42.5. The minimum Gasteiger partial charge on any atom is -0.457 e. The molecule has 0 amide bonds. The third kappa shape index (κ3) is 30.6. The van der Waals surface area contributed by atoms with Crippen LogP contribution in [0.5, 0.6) is 0 Å². The van der Waals surface area contributed by atoms with E-state index in [1.165, 1.54) is 116 Å². The number of ether oxygens (including phenoxy) is 4. The molecule has 12 nitrogen and oxygen atoms in total. The SMILES string of the molecule is CCCCC/C=C\C/C=C\CCCCCCCCCCOCC(COC1OC(CO)C(O)C(OS(=O)(=O)O)C1O)OC(=O)CCCCCCCCCCCCCCC. The molecule has 1 aliphatic heterocycles. The number of aliphatic hydroxyl groups is 3. The molecular formula is C45H84O12S. The lowest BCUT2D eigenvalue weighted by Gasteiger charge is -2.41. The molecule has 13 heteroatoms. The Morgan fingerprint density at radius 3 is 1.67 bits per heavy atom. The van der Waals surface area contributed by atoms with E-state index in [1.807, 2.05) is 0 Å². The Hall–Kier alpha value is -1.42. The monoisotopic (exact) mass is 849 g/mol. The maximum atomic E-state index is 12.8. The van der Waals surface area contributed by atoms with Crippen LogP contribution in [0.25, 0.3) is 0 Å². The van der Waals surface area contributed by atoms with Crippen LogP contribution in [0.1, 0.15) is 194 Å². The minimum absolute atomic E-state index is 0.0356. The molecule has 0 saturated carbocycles. The maximum absolute atomic E-state index is 12.8. The zero-order valence-corrected chi connectivity index (χ0v) is 37.2. The van der Waals surface area contributed by atoms with E-state index < -0.39 is 59.8 Å². The molecule has 1 fully saturated rings. The van der Waals surface area contributed by atoms with Crippen molar-refractivity contribution in [3.63, 3.8) is 0 Å². The third-order valence-corrected chi connectivity index (χ3v) is 11.0. The smallest absolute Gasteiger partial charge is 0.397 e. The molecule has 1 heterocycles. The fraction of sp³-hybridized carbons (Fsp3) is 0.889. The number of carbonyl (C=O) groups excluding carboxylic acids is 1. The molecule has 0 aromatic carbocycles. The van der Waals surface area contributed by atoms with Gasteiger partial charge in [0, 0.05) is 13.0 Å². The van der Waals surface area contributed by atoms with Crippen molar-refractivity contribution in [2.75, 3.05) is 26.4 Å². The molecule has 0 aromatic heterocycles. The molecule has 4 N–H and O–H groups in total. The van der Waals surface area contributed by atoms with E-state index in [2.05, 4.69) is 42.3 Å². The molecule has 342 valence electrons. The van der Waals surface area contributed by atoms with Crippen LogP contribution in [-0.2, 0) is 38.3 Å². The lowest BCUT2D eigenvalue weighted by Crippen LogP contribution is -2.60. The van der Waals surface area contributed by atoms with Gasteiger partial charge in [-0.2, -0.15) is 8.42 Å². The largest absolute Gasteiger partial charge is 0.457 e. The fourth-order valence-corrected chi connectivity index (χ4v) is 7.56. The van der Waals surface area contributed by atoms with Gasteiger partial charge in [-0.3, -0.25) is 9.35 Å². The second-order valence-corrected chi connectivity index (χ2v) is 17.0. The number of esters is 1. The van der Waals surface area contributed by atoms with E-state index in [9.17, 15) is 28.5 Å². The van der Waals surface area contributed by atoms with Crippen molar-refractivity contribution in [2.45, 2.75) is 230 Å². The van der Waals surface area contributed by atoms with Crippen LogP contribution in [-0.4, -0.2) is 97.5 Å². The number of hydrogen-bond acceptors (Lipinski definition) is 11. The molecule has 0 aliphatic carbocycles. The van der Waals surface area contributed by atoms with Gasteiger partial charge < -0.3 is 34.3 Å². The Balaban J connectivity index is 2.41. The first-order valence-corrected chi connectivity index (χ1v) is 24.5. The van der Waals surface area contributed by atoms with E-state index in [1.54, 1.807) is 0 Å². The standard InChI is InChI=1S/C45H84O12S/c1-3-5-7-9-11-13-15-17-18-19-20-21-23-25-27-29-31-33-35-53-37-39(38-54-45-43(49)44(57-58(50,51)52)42(48)40(36-46)56-45)55-41(47)34-32-30-28-26-24-22-16-14-12-10-8-6-4-2/h11,13,17-18,39-40,42-46,48-49H,3-10,12,14-16,19-38H2,1-2H3,(H,50,51,52)/b13-11-,18-17-. The molecule has 0 bridgehead atoms. The third-order valence-electron chi connectivity index (χ3n) is 10.6. The Morgan fingerprint density at radius 2 is 1.14 bits per heavy atom. The van der Waals surface area contributed by atoms with E-state index in [0.717, 1.165) is 51.4 Å². The lowest BCUT2D eigenvalue weighted by atomic mass is 9.99. The average Bonchev–Trinajstić information content (AvgIpc) is 3.19. The van der Waals surface area contributed by atoms with Gasteiger partial charge >= 0.3 is 16.4 Å². The highest BCUT2D eigenvalue weighted by Crippen LogP contribution is 2.26. The minimum atomic E-state index is -5.06. The number of unbranched alkanes of at least 4 members (excludes halogenated alkanes) is 23. The van der Waals surface area contributed by atoms with Crippen LogP contribution < -0.4 is 0 Å². The fourth-order valence-electron chi connectivity index (χ4n) is 7.06. The number of carbonyl (C=O) groups is 1. The van der Waals surface area contributed by atoms with Gasteiger partial charge in [-0.05, 0) is 44.9 Å². The molecule has 58 heavy (non-hydrogen) atoms. The highest BCUT2D eigenvalue weighted by Gasteiger charge is 2.48. The highest BCUT2D eigenvalue weighted by atomic mass is 32.3. The number of aliphatic hydroxyl groups excluding tert-OH is 3. The van der Waals surface area contributed by atoms with Crippen molar-refractivity contribution in [3.8, 4) is 0 Å². The van der Waals surface area contributed by atoms with Crippen LogP contribution in [0.2, 0.25) is 0 Å². The van der Waals surface area contributed by atoms with Gasteiger partial charge in [-0.25, -0.2) is 4.18 Å². The quantitative estimate of drug-likeness (QED) is 0.0199. The Labute approximate surface area is 352 Å². The number of hydrogen-bond donors (Lipinski definition) is 4. The molecule has 1 aliphatic rings. The summed E-state index contributed by atoms with van der Waals surface area (Å²) in [5.74, 6) is -0.400. The zero-order valence-electron chi connectivity index (χ0n) is 36.4. The molecule has 0 aromatic rings. The lowest BCUT2D eigenvalue weighted by molar-refractivity contribution is -0.301. The number of rotatable bonds is 40. The number of allylic oxidation sites excluding steroid dienone is 4. The molecular weight excluding hydrogens is 765 g/mol. The van der Waals surface area contributed by atoms with Crippen molar-refractivity contribution in [1.29, 1.82) is 0 Å². The second kappa shape index (κ2) is 37.4. The van der Waals surface area contributed by atoms with Crippen LogP contribution >= 0.6 is 0 Å². The van der Waals surface area contributed by atoms with Gasteiger partial charge in [0.1, 0.15) is 30.5 Å². The first-order valence-electron chi connectivity index (χ1n) is 23.1. The summed E-state index contributed by atoms with van der Waals surface area (Å²) < 4.78 is 59.0. The van der Waals surface area contributed by atoms with Crippen molar-refractivity contribution in [3.05, 3.63) is 24.3 Å².